The molecule has 0 saturated heterocycles. The Morgan fingerprint density at radius 3 is 1.44 bits per heavy atom. The van der Waals surface area contributed by atoms with Crippen LogP contribution in [0.2, 0.25) is 0 Å². The van der Waals surface area contributed by atoms with E-state index in [-0.39, 0.29) is 10.8 Å². The molecule has 6 nitrogen and oxygen atoms in total. The molecule has 7 heteroatoms. The second-order valence-corrected chi connectivity index (χ2v) is 24.0. The van der Waals surface area contributed by atoms with Crippen LogP contribution in [-0.2, 0) is 10.8 Å². The maximum atomic E-state index is 5.64. The van der Waals surface area contributed by atoms with Crippen molar-refractivity contribution in [1.29, 1.82) is 0 Å². The molecule has 0 amide bonds. The molecule has 0 aliphatic carbocycles. The Kier molecular flexibility index (Phi) is 9.54. The van der Waals surface area contributed by atoms with Gasteiger partial charge in [-0.25, -0.2) is 14.5 Å². The Hall–Kier alpha value is -7.87. The molecule has 0 N–H and O–H groups in total. The molecule has 4 aromatic heterocycles. The lowest BCUT2D eigenvalue weighted by Crippen LogP contribution is -2.74. The van der Waals surface area contributed by atoms with E-state index in [0.29, 0.717) is 5.95 Å². The monoisotopic (exact) mass is 896 g/mol. The van der Waals surface area contributed by atoms with Crippen molar-refractivity contribution in [2.24, 2.45) is 0 Å². The molecule has 68 heavy (non-hydrogen) atoms. The average molecular weight is 897 g/mol. The Morgan fingerprint density at radius 1 is 0.382 bits per heavy atom. The third-order valence-corrected chi connectivity index (χ3v) is 18.7. The highest BCUT2D eigenvalue weighted by molar-refractivity contribution is 7.19. The molecule has 0 saturated carbocycles. The van der Waals surface area contributed by atoms with E-state index >= 15 is 0 Å². The Labute approximate surface area is 397 Å². The Morgan fingerprint density at radius 2 is 0.882 bits per heavy atom. The van der Waals surface area contributed by atoms with Gasteiger partial charge < -0.3 is 0 Å². The molecule has 0 unspecified atom stereocenters. The van der Waals surface area contributed by atoms with E-state index < -0.39 is 8.07 Å². The number of benzene rings is 8. The number of imidazole rings is 2. The SMILES string of the molecule is CC(C)(C)c1ccc2c(c1)c1cc(C(C)(C)C)ccc1n2-c1cc(-c2cccc([Si](c3ccccc3)(c3ccccc3)c3ccccc3)c2)nc(-n2c3ccccc3n3c4ccccc4nc23)n1. The minimum absolute atomic E-state index is 0.0308. The zero-order chi connectivity index (χ0) is 46.4. The van der Waals surface area contributed by atoms with Crippen LogP contribution in [0, 0.1) is 0 Å². The average Bonchev–Trinajstić information content (AvgIpc) is 4.01. The first-order valence-corrected chi connectivity index (χ1v) is 25.6. The quantitative estimate of drug-likeness (QED) is 0.118. The van der Waals surface area contributed by atoms with Crippen molar-refractivity contribution in [3.05, 3.63) is 217 Å². The maximum absolute atomic E-state index is 5.64. The van der Waals surface area contributed by atoms with Crippen molar-refractivity contribution in [2.75, 3.05) is 0 Å². The van der Waals surface area contributed by atoms with Crippen molar-refractivity contribution in [3.8, 4) is 23.0 Å². The van der Waals surface area contributed by atoms with Gasteiger partial charge in [0.05, 0.1) is 38.8 Å². The molecule has 0 aliphatic heterocycles. The molecule has 4 heterocycles. The molecular weight excluding hydrogens is 845 g/mol. The summed E-state index contributed by atoms with van der Waals surface area (Å²) < 4.78 is 6.74. The lowest BCUT2D eigenvalue weighted by atomic mass is 9.85. The summed E-state index contributed by atoms with van der Waals surface area (Å²) in [6.07, 6.45) is 0. The van der Waals surface area contributed by atoms with E-state index in [9.17, 15) is 0 Å². The van der Waals surface area contributed by atoms with Crippen LogP contribution in [0.25, 0.3) is 72.7 Å². The summed E-state index contributed by atoms with van der Waals surface area (Å²) in [7, 11) is -2.87. The summed E-state index contributed by atoms with van der Waals surface area (Å²) >= 11 is 0. The smallest absolute Gasteiger partial charge is 0.239 e. The molecular formula is C61H52N6Si. The third kappa shape index (κ3) is 6.55. The van der Waals surface area contributed by atoms with Crippen molar-refractivity contribution in [2.45, 2.75) is 52.4 Å². The van der Waals surface area contributed by atoms with Crippen LogP contribution in [-0.4, -0.2) is 36.6 Å². The molecule has 0 atom stereocenters. The van der Waals surface area contributed by atoms with Crippen molar-refractivity contribution in [3.63, 3.8) is 0 Å². The fourth-order valence-electron chi connectivity index (χ4n) is 10.5. The molecule has 8 aromatic carbocycles. The van der Waals surface area contributed by atoms with Gasteiger partial charge in [0.2, 0.25) is 11.7 Å². The van der Waals surface area contributed by atoms with E-state index in [0.717, 1.165) is 56.0 Å². The van der Waals surface area contributed by atoms with Crippen LogP contribution in [0.5, 0.6) is 0 Å². The first-order chi connectivity index (χ1) is 33.0. The first-order valence-electron chi connectivity index (χ1n) is 23.6. The summed E-state index contributed by atoms with van der Waals surface area (Å²) in [4.78, 5) is 16.5. The number of hydrogen-bond donors (Lipinski definition) is 0. The van der Waals surface area contributed by atoms with Gasteiger partial charge in [-0.15, -0.1) is 0 Å². The van der Waals surface area contributed by atoms with E-state index in [1.807, 2.05) is 6.07 Å². The minimum atomic E-state index is -2.87. The van der Waals surface area contributed by atoms with Crippen LogP contribution in [0.4, 0.5) is 0 Å². The van der Waals surface area contributed by atoms with Crippen molar-refractivity contribution < 1.29 is 0 Å². The van der Waals surface area contributed by atoms with Crippen LogP contribution in [0.15, 0.2) is 206 Å². The third-order valence-electron chi connectivity index (χ3n) is 13.9. The fourth-order valence-corrected chi connectivity index (χ4v) is 15.3. The summed E-state index contributed by atoms with van der Waals surface area (Å²) in [6, 6.07) is 75.4. The molecule has 0 fully saturated rings. The van der Waals surface area contributed by atoms with E-state index in [1.165, 1.54) is 42.6 Å². The van der Waals surface area contributed by atoms with Gasteiger partial charge in [-0.05, 0) is 91.2 Å². The lowest BCUT2D eigenvalue weighted by molar-refractivity contribution is 0.590. The van der Waals surface area contributed by atoms with Gasteiger partial charge in [0.25, 0.3) is 0 Å². The maximum Gasteiger partial charge on any atom is 0.239 e. The van der Waals surface area contributed by atoms with Crippen LogP contribution in [0.1, 0.15) is 52.7 Å². The van der Waals surface area contributed by atoms with Gasteiger partial charge in [0.1, 0.15) is 5.82 Å². The number of para-hydroxylation sites is 4. The second-order valence-electron chi connectivity index (χ2n) is 20.2. The van der Waals surface area contributed by atoms with Gasteiger partial charge in [-0.2, -0.15) is 4.98 Å². The summed E-state index contributed by atoms with van der Waals surface area (Å²) in [6.45, 7) is 13.7. The van der Waals surface area contributed by atoms with Gasteiger partial charge in [-0.3, -0.25) is 8.97 Å². The molecule has 0 spiro atoms. The zero-order valence-corrected chi connectivity index (χ0v) is 40.3. The highest BCUT2D eigenvalue weighted by Crippen LogP contribution is 2.38. The second kappa shape index (κ2) is 15.6. The molecule has 12 aromatic rings. The highest BCUT2D eigenvalue weighted by Gasteiger charge is 2.41. The molecule has 330 valence electrons. The van der Waals surface area contributed by atoms with Crippen LogP contribution in [0.3, 0.4) is 0 Å². The van der Waals surface area contributed by atoms with Crippen LogP contribution >= 0.6 is 0 Å². The van der Waals surface area contributed by atoms with Crippen molar-refractivity contribution in [1.82, 2.24) is 28.5 Å². The van der Waals surface area contributed by atoms with Crippen molar-refractivity contribution >= 4 is 78.5 Å². The number of hydrogen-bond acceptors (Lipinski definition) is 3. The summed E-state index contributed by atoms with van der Waals surface area (Å²) in [5.74, 6) is 2.10. The summed E-state index contributed by atoms with van der Waals surface area (Å²) in [5.41, 5.74) is 10.5. The van der Waals surface area contributed by atoms with Gasteiger partial charge >= 0.3 is 0 Å². The van der Waals surface area contributed by atoms with Gasteiger partial charge in [-0.1, -0.05) is 193 Å². The lowest BCUT2D eigenvalue weighted by Gasteiger charge is -2.34. The van der Waals surface area contributed by atoms with Crippen LogP contribution < -0.4 is 20.7 Å². The molecule has 0 bridgehead atoms. The predicted octanol–water partition coefficient (Wildman–Crippen LogP) is 12.0. The minimum Gasteiger partial charge on any atom is -0.294 e. The molecule has 12 rings (SSSR count). The van der Waals surface area contributed by atoms with E-state index in [2.05, 4.69) is 255 Å². The summed E-state index contributed by atoms with van der Waals surface area (Å²) in [5, 5.41) is 7.65. The number of aromatic nitrogens is 6. The topological polar surface area (TPSA) is 52.9 Å². The molecule has 0 radical (unpaired) electrons. The first kappa shape index (κ1) is 41.6. The normalized spacial score (nSPS) is 12.6. The standard InChI is InChI=1S/C61H52N6Si/c1-60(2,3)42-33-35-52-48(38-42)49-39-43(61(4,5)6)34-36-53(49)65(52)57-40-51(62-58(64-57)67-56-32-19-18-31-55(56)66-54-30-17-16-29-50(54)63-59(66)67)41-21-20-28-47(37-41)68(44-22-10-7-11-23-44,45-24-12-8-13-25-45)46-26-14-9-15-27-46/h7-40H,1-6H3. The number of fused-ring (bicyclic) bond motifs is 8. The zero-order valence-electron chi connectivity index (χ0n) is 39.3. The highest BCUT2D eigenvalue weighted by atomic mass is 28.3. The van der Waals surface area contributed by atoms with Gasteiger partial charge in [0.15, 0.2) is 8.07 Å². The predicted molar refractivity (Wildman–Crippen MR) is 286 cm³/mol. The largest absolute Gasteiger partial charge is 0.294 e. The van der Waals surface area contributed by atoms with E-state index in [4.69, 9.17) is 15.0 Å². The Bertz CT molecular complexity index is 3700. The Balaban J connectivity index is 1.18. The van der Waals surface area contributed by atoms with E-state index in [1.54, 1.807) is 0 Å². The fraction of sp³-hybridized carbons (Fsp3) is 0.131. The molecule has 0 aliphatic rings. The number of rotatable bonds is 7. The number of nitrogens with zero attached hydrogens (tertiary/aromatic N) is 6. The van der Waals surface area contributed by atoms with Gasteiger partial charge in [0, 0.05) is 22.4 Å².